The molecule has 2 saturated heterocycles. The third-order valence-corrected chi connectivity index (χ3v) is 6.91. The summed E-state index contributed by atoms with van der Waals surface area (Å²) in [4.78, 5) is 6.07. The Labute approximate surface area is 159 Å². The lowest BCUT2D eigenvalue weighted by Gasteiger charge is -2.57. The van der Waals surface area contributed by atoms with E-state index in [0.29, 0.717) is 44.1 Å². The van der Waals surface area contributed by atoms with Gasteiger partial charge in [-0.1, -0.05) is 12.8 Å². The highest BCUT2D eigenvalue weighted by Gasteiger charge is 2.65. The number of rotatable bonds is 4. The lowest BCUT2D eigenvalue weighted by molar-refractivity contribution is -0.143. The standard InChI is InChI=1S/C19H31F3N4O/c1-2-23-17(24-13-5-9-26(11-13)12-19(20,21)22)25-15-14-6-10-27-16(14)18(15)7-3-4-8-18/h13-16H,2-12H2,1H3,(H2,23,24,25). The molecule has 0 bridgehead atoms. The molecule has 0 aromatic heterocycles. The van der Waals surface area contributed by atoms with Crippen molar-refractivity contribution in [2.45, 2.75) is 69.8 Å². The maximum absolute atomic E-state index is 12.6. The van der Waals surface area contributed by atoms with E-state index in [9.17, 15) is 13.2 Å². The van der Waals surface area contributed by atoms with Crippen LogP contribution in [0.2, 0.25) is 0 Å². The van der Waals surface area contributed by atoms with Crippen molar-refractivity contribution in [2.24, 2.45) is 16.3 Å². The highest BCUT2D eigenvalue weighted by Crippen LogP contribution is 2.60. The molecule has 154 valence electrons. The summed E-state index contributed by atoms with van der Waals surface area (Å²) in [5.41, 5.74) is 0.232. The minimum absolute atomic E-state index is 0.0142. The van der Waals surface area contributed by atoms with Crippen LogP contribution in [0, 0.1) is 11.3 Å². The fourth-order valence-corrected chi connectivity index (χ4v) is 5.88. The van der Waals surface area contributed by atoms with Gasteiger partial charge in [-0.15, -0.1) is 0 Å². The van der Waals surface area contributed by atoms with Crippen molar-refractivity contribution in [3.63, 3.8) is 0 Å². The Balaban J connectivity index is 1.37. The second-order valence-electron chi connectivity index (χ2n) is 8.61. The molecule has 0 amide bonds. The molecular formula is C19H31F3N4O. The second-order valence-corrected chi connectivity index (χ2v) is 8.61. The van der Waals surface area contributed by atoms with Crippen molar-refractivity contribution in [3.05, 3.63) is 0 Å². The Hall–Kier alpha value is -1.02. The number of guanidine groups is 1. The average molecular weight is 388 g/mol. The molecule has 1 spiro atoms. The van der Waals surface area contributed by atoms with E-state index in [1.807, 2.05) is 6.92 Å². The first kappa shape index (κ1) is 19.3. The number of ether oxygens (including phenoxy) is 1. The molecule has 2 heterocycles. The van der Waals surface area contributed by atoms with Crippen LogP contribution in [-0.4, -0.2) is 68.0 Å². The molecule has 0 aromatic carbocycles. The number of aliphatic imine (C=N–C) groups is 1. The molecule has 2 aliphatic heterocycles. The Morgan fingerprint density at radius 1 is 1.22 bits per heavy atom. The lowest BCUT2D eigenvalue weighted by atomic mass is 9.54. The van der Waals surface area contributed by atoms with Crippen molar-refractivity contribution < 1.29 is 17.9 Å². The third kappa shape index (κ3) is 3.79. The molecule has 2 N–H and O–H groups in total. The molecule has 0 aromatic rings. The van der Waals surface area contributed by atoms with Crippen LogP contribution in [0.5, 0.6) is 0 Å². The Kier molecular flexibility index (Phi) is 5.31. The summed E-state index contributed by atoms with van der Waals surface area (Å²) < 4.78 is 43.9. The molecule has 4 fully saturated rings. The van der Waals surface area contributed by atoms with Gasteiger partial charge in [-0.3, -0.25) is 9.89 Å². The predicted molar refractivity (Wildman–Crippen MR) is 97.7 cm³/mol. The zero-order chi connectivity index (χ0) is 19.1. The minimum atomic E-state index is -4.13. The fourth-order valence-electron chi connectivity index (χ4n) is 5.88. The summed E-state index contributed by atoms with van der Waals surface area (Å²) in [5.74, 6) is 1.30. The van der Waals surface area contributed by atoms with Gasteiger partial charge < -0.3 is 15.4 Å². The number of likely N-dealkylation sites (tertiary alicyclic amines) is 1. The van der Waals surface area contributed by atoms with Crippen LogP contribution in [0.4, 0.5) is 13.2 Å². The molecule has 5 nitrogen and oxygen atoms in total. The van der Waals surface area contributed by atoms with E-state index >= 15 is 0 Å². The molecule has 4 atom stereocenters. The maximum atomic E-state index is 12.6. The van der Waals surface area contributed by atoms with Crippen LogP contribution in [0.15, 0.2) is 4.99 Å². The summed E-state index contributed by atoms with van der Waals surface area (Å²) in [6, 6.07) is 0.387. The number of hydrogen-bond acceptors (Lipinski definition) is 3. The van der Waals surface area contributed by atoms with Gasteiger partial charge in [-0.25, -0.2) is 0 Å². The summed E-state index contributed by atoms with van der Waals surface area (Å²) in [6.07, 6.45) is 2.97. The van der Waals surface area contributed by atoms with E-state index in [4.69, 9.17) is 4.74 Å². The third-order valence-electron chi connectivity index (χ3n) is 6.91. The van der Waals surface area contributed by atoms with Crippen LogP contribution in [-0.2, 0) is 4.74 Å². The monoisotopic (exact) mass is 388 g/mol. The summed E-state index contributed by atoms with van der Waals surface area (Å²) in [7, 11) is 0. The molecule has 4 aliphatic rings. The van der Waals surface area contributed by atoms with Crippen LogP contribution >= 0.6 is 0 Å². The van der Waals surface area contributed by atoms with Gasteiger partial charge in [0.15, 0.2) is 5.96 Å². The van der Waals surface area contributed by atoms with Gasteiger partial charge in [0.05, 0.1) is 12.6 Å². The molecule has 27 heavy (non-hydrogen) atoms. The number of alkyl halides is 3. The van der Waals surface area contributed by atoms with Crippen LogP contribution in [0.3, 0.4) is 0 Å². The molecule has 4 rings (SSSR count). The van der Waals surface area contributed by atoms with Crippen molar-refractivity contribution in [1.29, 1.82) is 0 Å². The van der Waals surface area contributed by atoms with E-state index < -0.39 is 12.7 Å². The molecule has 8 heteroatoms. The van der Waals surface area contributed by atoms with Gasteiger partial charge in [-0.2, -0.15) is 13.2 Å². The highest BCUT2D eigenvalue weighted by atomic mass is 19.4. The molecule has 4 unspecified atom stereocenters. The van der Waals surface area contributed by atoms with E-state index in [-0.39, 0.29) is 11.5 Å². The molecular weight excluding hydrogens is 357 g/mol. The largest absolute Gasteiger partial charge is 0.401 e. The van der Waals surface area contributed by atoms with Gasteiger partial charge >= 0.3 is 6.18 Å². The predicted octanol–water partition coefficient (Wildman–Crippen LogP) is 2.53. The number of nitrogens with zero attached hydrogens (tertiary/aromatic N) is 2. The Bertz CT molecular complexity index is 562. The quantitative estimate of drug-likeness (QED) is 0.574. The van der Waals surface area contributed by atoms with Gasteiger partial charge in [0.2, 0.25) is 0 Å². The summed E-state index contributed by atoms with van der Waals surface area (Å²) in [6.45, 7) is 3.54. The normalized spacial score (nSPS) is 36.1. The van der Waals surface area contributed by atoms with E-state index in [2.05, 4.69) is 15.6 Å². The van der Waals surface area contributed by atoms with Gasteiger partial charge in [0.1, 0.15) is 0 Å². The van der Waals surface area contributed by atoms with E-state index in [0.717, 1.165) is 19.0 Å². The van der Waals surface area contributed by atoms with Crippen LogP contribution in [0.25, 0.3) is 0 Å². The zero-order valence-electron chi connectivity index (χ0n) is 16.0. The second kappa shape index (κ2) is 7.43. The smallest absolute Gasteiger partial charge is 0.377 e. The van der Waals surface area contributed by atoms with Crippen molar-refractivity contribution in [2.75, 3.05) is 32.8 Å². The van der Waals surface area contributed by atoms with Crippen LogP contribution < -0.4 is 10.6 Å². The van der Waals surface area contributed by atoms with Crippen LogP contribution in [0.1, 0.15) is 45.4 Å². The SMILES string of the molecule is CCN=C(NC1CCN(CC(F)(F)F)C1)NC1C2CCOC2C12CCCC2. The number of nitrogens with one attached hydrogen (secondary N) is 2. The van der Waals surface area contributed by atoms with Crippen molar-refractivity contribution in [1.82, 2.24) is 15.5 Å². The van der Waals surface area contributed by atoms with Crippen molar-refractivity contribution >= 4 is 5.96 Å². The number of fused-ring (bicyclic) bond motifs is 2. The van der Waals surface area contributed by atoms with E-state index in [1.54, 1.807) is 0 Å². The average Bonchev–Trinajstić information content (AvgIpc) is 3.31. The Morgan fingerprint density at radius 2 is 2.00 bits per heavy atom. The maximum Gasteiger partial charge on any atom is 0.401 e. The first-order valence-electron chi connectivity index (χ1n) is 10.4. The molecule has 0 radical (unpaired) electrons. The number of hydrogen-bond donors (Lipinski definition) is 2. The first-order chi connectivity index (χ1) is 12.9. The summed E-state index contributed by atoms with van der Waals surface area (Å²) >= 11 is 0. The number of halogens is 3. The van der Waals surface area contributed by atoms with E-state index in [1.165, 1.54) is 30.6 Å². The molecule has 2 aliphatic carbocycles. The highest BCUT2D eigenvalue weighted by molar-refractivity contribution is 5.81. The molecule has 2 saturated carbocycles. The zero-order valence-corrected chi connectivity index (χ0v) is 16.0. The lowest BCUT2D eigenvalue weighted by Crippen LogP contribution is -2.69. The van der Waals surface area contributed by atoms with Gasteiger partial charge in [0.25, 0.3) is 0 Å². The van der Waals surface area contributed by atoms with Crippen molar-refractivity contribution in [3.8, 4) is 0 Å². The van der Waals surface area contributed by atoms with Gasteiger partial charge in [-0.05, 0) is 32.6 Å². The Morgan fingerprint density at radius 3 is 2.70 bits per heavy atom. The first-order valence-corrected chi connectivity index (χ1v) is 10.4. The fraction of sp³-hybridized carbons (Fsp3) is 0.947. The topological polar surface area (TPSA) is 48.9 Å². The minimum Gasteiger partial charge on any atom is -0.377 e. The summed E-state index contributed by atoms with van der Waals surface area (Å²) in [5, 5.41) is 7.07. The van der Waals surface area contributed by atoms with Gasteiger partial charge in [0, 0.05) is 49.7 Å².